The van der Waals surface area contributed by atoms with Crippen LogP contribution >= 0.6 is 11.6 Å². The Hall–Kier alpha value is -3.34. The van der Waals surface area contributed by atoms with Crippen LogP contribution < -0.4 is 10.9 Å². The summed E-state index contributed by atoms with van der Waals surface area (Å²) < 4.78 is 78.7. The van der Waals surface area contributed by atoms with Gasteiger partial charge in [-0.25, -0.2) is 0 Å². The topological polar surface area (TPSA) is 64.0 Å². The third kappa shape index (κ3) is 5.05. The quantitative estimate of drug-likeness (QED) is 0.547. The Morgan fingerprint density at radius 3 is 2.00 bits per heavy atom. The van der Waals surface area contributed by atoms with Crippen molar-refractivity contribution in [1.29, 1.82) is 0 Å². The van der Waals surface area contributed by atoms with Crippen LogP contribution in [0.25, 0.3) is 5.69 Å². The number of hydrogen-bond donors (Lipinski definition) is 1. The number of rotatable bonds is 3. The van der Waals surface area contributed by atoms with Gasteiger partial charge in [0.05, 0.1) is 16.8 Å². The van der Waals surface area contributed by atoms with Gasteiger partial charge in [-0.3, -0.25) is 9.59 Å². The molecule has 0 bridgehead atoms. The molecule has 0 unspecified atom stereocenters. The average molecular weight is 462 g/mol. The van der Waals surface area contributed by atoms with E-state index >= 15 is 0 Å². The predicted octanol–water partition coefficient (Wildman–Crippen LogP) is 5.18. The van der Waals surface area contributed by atoms with Gasteiger partial charge in [-0.05, 0) is 48.5 Å². The number of aromatic nitrogens is 2. The SMILES string of the molecule is O=C(Nc1ccc(C(F)(F)F)cc1)c1nn(-c2ccc(Cl)cc2)c(=O)cc1C(F)(F)F. The summed E-state index contributed by atoms with van der Waals surface area (Å²) in [6.45, 7) is 0. The highest BCUT2D eigenvalue weighted by atomic mass is 35.5. The number of benzene rings is 2. The predicted molar refractivity (Wildman–Crippen MR) is 99.2 cm³/mol. The van der Waals surface area contributed by atoms with Crippen LogP contribution in [0.5, 0.6) is 0 Å². The lowest BCUT2D eigenvalue weighted by atomic mass is 10.1. The Kier molecular flexibility index (Phi) is 5.81. The lowest BCUT2D eigenvalue weighted by molar-refractivity contribution is -0.138. The number of carbonyl (C=O) groups is 1. The summed E-state index contributed by atoms with van der Waals surface area (Å²) in [5.74, 6) is -1.37. The Morgan fingerprint density at radius 2 is 1.48 bits per heavy atom. The molecule has 0 radical (unpaired) electrons. The van der Waals surface area contributed by atoms with Crippen LogP contribution in [0.2, 0.25) is 5.02 Å². The molecule has 0 saturated heterocycles. The van der Waals surface area contributed by atoms with Crippen molar-refractivity contribution in [3.63, 3.8) is 0 Å². The Labute approximate surface area is 174 Å². The van der Waals surface area contributed by atoms with Crippen molar-refractivity contribution < 1.29 is 31.1 Å². The number of carbonyl (C=O) groups excluding carboxylic acids is 1. The van der Waals surface area contributed by atoms with Gasteiger partial charge >= 0.3 is 12.4 Å². The molecular weight excluding hydrogens is 452 g/mol. The number of anilines is 1. The summed E-state index contributed by atoms with van der Waals surface area (Å²) in [4.78, 5) is 24.6. The number of halogens is 7. The molecule has 1 amide bonds. The number of nitrogens with zero attached hydrogens (tertiary/aromatic N) is 2. The zero-order valence-corrected chi connectivity index (χ0v) is 15.8. The molecule has 12 heteroatoms. The van der Waals surface area contributed by atoms with E-state index in [0.717, 1.165) is 12.1 Å². The Bertz CT molecular complexity index is 1170. The van der Waals surface area contributed by atoms with Crippen molar-refractivity contribution in [1.82, 2.24) is 9.78 Å². The van der Waals surface area contributed by atoms with E-state index in [-0.39, 0.29) is 17.4 Å². The molecule has 3 rings (SSSR count). The maximum Gasteiger partial charge on any atom is 0.418 e. The van der Waals surface area contributed by atoms with E-state index in [9.17, 15) is 35.9 Å². The molecule has 0 atom stereocenters. The first-order valence-electron chi connectivity index (χ1n) is 8.32. The second kappa shape index (κ2) is 8.06. The average Bonchev–Trinajstić information content (AvgIpc) is 2.67. The van der Waals surface area contributed by atoms with Gasteiger partial charge in [0.2, 0.25) is 0 Å². The van der Waals surface area contributed by atoms with Crippen LogP contribution in [0.1, 0.15) is 21.6 Å². The van der Waals surface area contributed by atoms with Gasteiger partial charge in [0.25, 0.3) is 11.5 Å². The van der Waals surface area contributed by atoms with E-state index in [1.807, 2.05) is 0 Å². The first-order chi connectivity index (χ1) is 14.4. The molecule has 1 N–H and O–H groups in total. The lowest BCUT2D eigenvalue weighted by Crippen LogP contribution is -2.30. The van der Waals surface area contributed by atoms with Crippen molar-refractivity contribution in [3.8, 4) is 5.69 Å². The molecule has 0 saturated carbocycles. The summed E-state index contributed by atoms with van der Waals surface area (Å²) in [5.41, 5.74) is -5.03. The highest BCUT2D eigenvalue weighted by Gasteiger charge is 2.38. The Morgan fingerprint density at radius 1 is 0.903 bits per heavy atom. The monoisotopic (exact) mass is 461 g/mol. The van der Waals surface area contributed by atoms with Crippen molar-refractivity contribution in [2.75, 3.05) is 5.32 Å². The summed E-state index contributed by atoms with van der Waals surface area (Å²) >= 11 is 5.74. The molecule has 0 spiro atoms. The van der Waals surface area contributed by atoms with Crippen LogP contribution in [0.4, 0.5) is 32.0 Å². The van der Waals surface area contributed by atoms with E-state index in [2.05, 4.69) is 10.4 Å². The smallest absolute Gasteiger partial charge is 0.321 e. The van der Waals surface area contributed by atoms with Crippen LogP contribution in [0.15, 0.2) is 59.4 Å². The molecule has 3 aromatic rings. The third-order valence-electron chi connectivity index (χ3n) is 3.99. The first kappa shape index (κ1) is 22.3. The second-order valence-corrected chi connectivity index (χ2v) is 6.60. The third-order valence-corrected chi connectivity index (χ3v) is 4.25. The first-order valence-corrected chi connectivity index (χ1v) is 8.70. The molecule has 162 valence electrons. The van der Waals surface area contributed by atoms with Gasteiger partial charge in [-0.15, -0.1) is 0 Å². The minimum Gasteiger partial charge on any atom is -0.321 e. The summed E-state index contributed by atoms with van der Waals surface area (Å²) in [7, 11) is 0. The highest BCUT2D eigenvalue weighted by Crippen LogP contribution is 2.32. The molecule has 5 nitrogen and oxygen atoms in total. The van der Waals surface area contributed by atoms with Crippen LogP contribution in [-0.2, 0) is 12.4 Å². The summed E-state index contributed by atoms with van der Waals surface area (Å²) in [6.07, 6.45) is -9.71. The maximum absolute atomic E-state index is 13.4. The van der Waals surface area contributed by atoms with Crippen molar-refractivity contribution in [3.05, 3.63) is 86.8 Å². The zero-order valence-electron chi connectivity index (χ0n) is 15.1. The van der Waals surface area contributed by atoms with Crippen LogP contribution in [0, 0.1) is 0 Å². The van der Waals surface area contributed by atoms with E-state index in [0.29, 0.717) is 21.8 Å². The minimum absolute atomic E-state index is 0.0479. The van der Waals surface area contributed by atoms with Gasteiger partial charge in [0, 0.05) is 16.8 Å². The molecule has 0 aliphatic rings. The standard InChI is InChI=1S/C19H10ClF6N3O2/c20-11-3-7-13(8-4-11)29-15(30)9-14(19(24,25)26)16(28-29)17(31)27-12-5-1-10(2-6-12)18(21,22)23/h1-9H,(H,27,31). The van der Waals surface area contributed by atoms with Crippen LogP contribution in [0.3, 0.4) is 0 Å². The number of nitrogens with one attached hydrogen (secondary N) is 1. The Balaban J connectivity index is 2.03. The molecule has 31 heavy (non-hydrogen) atoms. The molecule has 0 fully saturated rings. The molecular formula is C19H10ClF6N3O2. The summed E-state index contributed by atoms with van der Waals surface area (Å²) in [5, 5.41) is 5.89. The highest BCUT2D eigenvalue weighted by molar-refractivity contribution is 6.30. The maximum atomic E-state index is 13.4. The van der Waals surface area contributed by atoms with Gasteiger partial charge < -0.3 is 5.32 Å². The van der Waals surface area contributed by atoms with Gasteiger partial charge in [-0.1, -0.05) is 11.6 Å². The number of amides is 1. The van der Waals surface area contributed by atoms with Crippen molar-refractivity contribution >= 4 is 23.2 Å². The largest absolute Gasteiger partial charge is 0.418 e. The van der Waals surface area contributed by atoms with Crippen molar-refractivity contribution in [2.24, 2.45) is 0 Å². The molecule has 0 aliphatic heterocycles. The number of alkyl halides is 6. The fourth-order valence-electron chi connectivity index (χ4n) is 2.54. The molecule has 0 aliphatic carbocycles. The van der Waals surface area contributed by atoms with E-state index in [1.165, 1.54) is 24.3 Å². The van der Waals surface area contributed by atoms with Crippen molar-refractivity contribution in [2.45, 2.75) is 12.4 Å². The minimum atomic E-state index is -5.09. The summed E-state index contributed by atoms with van der Waals surface area (Å²) in [6, 6.07) is 8.62. The molecule has 1 aromatic heterocycles. The van der Waals surface area contributed by atoms with Gasteiger partial charge in [0.15, 0.2) is 5.69 Å². The molecule has 2 aromatic carbocycles. The fraction of sp³-hybridized carbons (Fsp3) is 0.105. The second-order valence-electron chi connectivity index (χ2n) is 6.16. The van der Waals surface area contributed by atoms with Gasteiger partial charge in [-0.2, -0.15) is 36.1 Å². The van der Waals surface area contributed by atoms with Crippen LogP contribution in [-0.4, -0.2) is 15.7 Å². The lowest BCUT2D eigenvalue weighted by Gasteiger charge is -2.14. The fourth-order valence-corrected chi connectivity index (χ4v) is 2.67. The molecule has 1 heterocycles. The van der Waals surface area contributed by atoms with E-state index < -0.39 is 40.6 Å². The number of hydrogen-bond acceptors (Lipinski definition) is 3. The van der Waals surface area contributed by atoms with E-state index in [4.69, 9.17) is 11.6 Å². The van der Waals surface area contributed by atoms with Gasteiger partial charge in [0.1, 0.15) is 0 Å². The van der Waals surface area contributed by atoms with E-state index in [1.54, 1.807) is 0 Å². The normalized spacial score (nSPS) is 12.0. The zero-order chi connectivity index (χ0) is 23.0.